The van der Waals surface area contributed by atoms with Gasteiger partial charge in [-0.3, -0.25) is 9.69 Å². The molecule has 0 saturated heterocycles. The number of hydrogen-bond acceptors (Lipinski definition) is 4. The number of hydrogen-bond donors (Lipinski definition) is 1. The molecule has 1 aliphatic rings. The van der Waals surface area contributed by atoms with Gasteiger partial charge in [0.15, 0.2) is 0 Å². The van der Waals surface area contributed by atoms with Crippen LogP contribution in [0.5, 0.6) is 5.75 Å². The SMILES string of the molecule is CCN(CC)[C@@H](CNC(=O)[C@H]1Cc2ccccc2S1)c1cccc(OC)c1. The minimum Gasteiger partial charge on any atom is -0.497 e. The second-order valence-electron chi connectivity index (χ2n) is 6.68. The number of ether oxygens (including phenoxy) is 1. The summed E-state index contributed by atoms with van der Waals surface area (Å²) in [7, 11) is 1.68. The van der Waals surface area contributed by atoms with E-state index in [4.69, 9.17) is 4.74 Å². The van der Waals surface area contributed by atoms with Crippen LogP contribution in [0.1, 0.15) is 31.0 Å². The number of carbonyl (C=O) groups excluding carboxylic acids is 1. The summed E-state index contributed by atoms with van der Waals surface area (Å²) < 4.78 is 5.39. The summed E-state index contributed by atoms with van der Waals surface area (Å²) in [5, 5.41) is 3.17. The van der Waals surface area contributed by atoms with E-state index in [1.807, 2.05) is 24.3 Å². The zero-order valence-corrected chi connectivity index (χ0v) is 17.1. The van der Waals surface area contributed by atoms with E-state index < -0.39 is 0 Å². The summed E-state index contributed by atoms with van der Waals surface area (Å²) in [6, 6.07) is 16.6. The molecule has 144 valence electrons. The number of likely N-dealkylation sites (N-methyl/N-ethyl adjacent to an activating group) is 1. The molecule has 0 aliphatic carbocycles. The van der Waals surface area contributed by atoms with Crippen molar-refractivity contribution in [3.05, 3.63) is 59.7 Å². The Bertz CT molecular complexity index is 751. The summed E-state index contributed by atoms with van der Waals surface area (Å²) in [4.78, 5) is 16.4. The van der Waals surface area contributed by atoms with Crippen LogP contribution in [0, 0.1) is 0 Å². The van der Waals surface area contributed by atoms with Crippen LogP contribution in [0.25, 0.3) is 0 Å². The van der Waals surface area contributed by atoms with Crippen LogP contribution >= 0.6 is 11.8 Å². The predicted molar refractivity (Wildman–Crippen MR) is 111 cm³/mol. The highest BCUT2D eigenvalue weighted by Gasteiger charge is 2.29. The first-order chi connectivity index (χ1) is 13.2. The number of rotatable bonds is 8. The lowest BCUT2D eigenvalue weighted by Gasteiger charge is -2.30. The third kappa shape index (κ3) is 4.66. The van der Waals surface area contributed by atoms with Gasteiger partial charge in [-0.05, 0) is 48.8 Å². The predicted octanol–water partition coefficient (Wildman–Crippen LogP) is 3.91. The minimum atomic E-state index is -0.0370. The van der Waals surface area contributed by atoms with Crippen molar-refractivity contribution in [1.29, 1.82) is 0 Å². The molecule has 0 radical (unpaired) electrons. The van der Waals surface area contributed by atoms with Crippen LogP contribution in [0.4, 0.5) is 0 Å². The Hall–Kier alpha value is -1.98. The second kappa shape index (κ2) is 9.29. The molecule has 0 bridgehead atoms. The first-order valence-corrected chi connectivity index (χ1v) is 10.4. The third-order valence-electron chi connectivity index (χ3n) is 5.14. The fraction of sp³-hybridized carbons (Fsp3) is 0.409. The number of amides is 1. The molecule has 2 atom stereocenters. The minimum absolute atomic E-state index is 0.0370. The van der Waals surface area contributed by atoms with Gasteiger partial charge in [-0.2, -0.15) is 0 Å². The van der Waals surface area contributed by atoms with E-state index in [1.165, 1.54) is 16.0 Å². The molecule has 0 aromatic heterocycles. The zero-order chi connectivity index (χ0) is 19.2. The molecule has 1 aliphatic heterocycles. The topological polar surface area (TPSA) is 41.6 Å². The third-order valence-corrected chi connectivity index (χ3v) is 6.46. The van der Waals surface area contributed by atoms with E-state index >= 15 is 0 Å². The molecule has 27 heavy (non-hydrogen) atoms. The Balaban J connectivity index is 1.68. The van der Waals surface area contributed by atoms with Crippen molar-refractivity contribution in [3.8, 4) is 5.75 Å². The van der Waals surface area contributed by atoms with Gasteiger partial charge in [-0.1, -0.05) is 44.2 Å². The van der Waals surface area contributed by atoms with Gasteiger partial charge in [-0.25, -0.2) is 0 Å². The van der Waals surface area contributed by atoms with Crippen LogP contribution in [0.2, 0.25) is 0 Å². The van der Waals surface area contributed by atoms with Gasteiger partial charge < -0.3 is 10.1 Å². The molecule has 1 N–H and O–H groups in total. The van der Waals surface area contributed by atoms with Gasteiger partial charge in [0.25, 0.3) is 0 Å². The molecule has 1 amide bonds. The maximum Gasteiger partial charge on any atom is 0.233 e. The van der Waals surface area contributed by atoms with Gasteiger partial charge in [0.1, 0.15) is 5.75 Å². The molecule has 1 heterocycles. The monoisotopic (exact) mass is 384 g/mol. The van der Waals surface area contributed by atoms with E-state index in [2.05, 4.69) is 48.3 Å². The summed E-state index contributed by atoms with van der Waals surface area (Å²) in [5.41, 5.74) is 2.44. The smallest absolute Gasteiger partial charge is 0.233 e. The standard InChI is InChI=1S/C22H28N2O2S/c1-4-24(5-2)19(16-10-8-11-18(13-16)26-3)15-23-22(25)21-14-17-9-6-7-12-20(17)27-21/h6-13,19,21H,4-5,14-15H2,1-3H3,(H,23,25)/t19-,21+/m0/s1. The molecular formula is C22H28N2O2S. The maximum absolute atomic E-state index is 12.8. The maximum atomic E-state index is 12.8. The Morgan fingerprint density at radius 1 is 1.22 bits per heavy atom. The van der Waals surface area contributed by atoms with Crippen LogP contribution < -0.4 is 10.1 Å². The van der Waals surface area contributed by atoms with Gasteiger partial charge >= 0.3 is 0 Å². The highest BCUT2D eigenvalue weighted by atomic mass is 32.2. The highest BCUT2D eigenvalue weighted by Crippen LogP contribution is 2.36. The first kappa shape index (κ1) is 19.8. The largest absolute Gasteiger partial charge is 0.497 e. The summed E-state index contributed by atoms with van der Waals surface area (Å²) in [6.07, 6.45) is 0.807. The van der Waals surface area contributed by atoms with Crippen molar-refractivity contribution in [2.24, 2.45) is 0 Å². The van der Waals surface area contributed by atoms with Crippen molar-refractivity contribution in [1.82, 2.24) is 10.2 Å². The number of benzene rings is 2. The summed E-state index contributed by atoms with van der Waals surface area (Å²) in [6.45, 7) is 6.76. The summed E-state index contributed by atoms with van der Waals surface area (Å²) in [5.74, 6) is 0.967. The highest BCUT2D eigenvalue weighted by molar-refractivity contribution is 8.01. The van der Waals surface area contributed by atoms with Crippen LogP contribution in [0.3, 0.4) is 0 Å². The molecule has 2 aromatic carbocycles. The van der Waals surface area contributed by atoms with Gasteiger partial charge in [0.2, 0.25) is 5.91 Å². The van der Waals surface area contributed by atoms with E-state index in [1.54, 1.807) is 18.9 Å². The van der Waals surface area contributed by atoms with Crippen molar-refractivity contribution >= 4 is 17.7 Å². The van der Waals surface area contributed by atoms with Crippen LogP contribution in [-0.4, -0.2) is 42.8 Å². The van der Waals surface area contributed by atoms with E-state index in [9.17, 15) is 4.79 Å². The van der Waals surface area contributed by atoms with Crippen molar-refractivity contribution < 1.29 is 9.53 Å². The van der Waals surface area contributed by atoms with Gasteiger partial charge in [0.05, 0.1) is 18.4 Å². The second-order valence-corrected chi connectivity index (χ2v) is 7.92. The number of nitrogens with one attached hydrogen (secondary N) is 1. The van der Waals surface area contributed by atoms with E-state index in [0.717, 1.165) is 25.3 Å². The van der Waals surface area contributed by atoms with Gasteiger partial charge in [0, 0.05) is 11.4 Å². The Kier molecular flexibility index (Phi) is 6.80. The fourth-order valence-electron chi connectivity index (χ4n) is 3.61. The number of thioether (sulfide) groups is 1. The normalized spacial score (nSPS) is 16.8. The molecule has 5 heteroatoms. The molecular weight excluding hydrogens is 356 g/mol. The molecule has 0 unspecified atom stereocenters. The lowest BCUT2D eigenvalue weighted by atomic mass is 10.0. The average molecular weight is 385 g/mol. The number of carbonyl (C=O) groups is 1. The number of methoxy groups -OCH3 is 1. The van der Waals surface area contributed by atoms with E-state index in [-0.39, 0.29) is 17.2 Å². The molecule has 0 spiro atoms. The summed E-state index contributed by atoms with van der Waals surface area (Å²) >= 11 is 1.67. The van der Waals surface area contributed by atoms with Crippen molar-refractivity contribution in [2.75, 3.05) is 26.7 Å². The number of fused-ring (bicyclic) bond motifs is 1. The van der Waals surface area contributed by atoms with Crippen LogP contribution in [0.15, 0.2) is 53.4 Å². The molecule has 2 aromatic rings. The van der Waals surface area contributed by atoms with Crippen LogP contribution in [-0.2, 0) is 11.2 Å². The van der Waals surface area contributed by atoms with Crippen molar-refractivity contribution in [2.45, 2.75) is 36.5 Å². The lowest BCUT2D eigenvalue weighted by Crippen LogP contribution is -2.41. The lowest BCUT2D eigenvalue weighted by molar-refractivity contribution is -0.120. The molecule has 0 fully saturated rings. The zero-order valence-electron chi connectivity index (χ0n) is 16.3. The average Bonchev–Trinajstić information content (AvgIpc) is 3.15. The molecule has 0 saturated carbocycles. The molecule has 3 rings (SSSR count). The Labute approximate surface area is 166 Å². The Morgan fingerprint density at radius 2 is 2.00 bits per heavy atom. The first-order valence-electron chi connectivity index (χ1n) is 9.56. The van der Waals surface area contributed by atoms with E-state index in [0.29, 0.717) is 6.54 Å². The number of nitrogens with zero attached hydrogens (tertiary/aromatic N) is 1. The Morgan fingerprint density at radius 3 is 2.70 bits per heavy atom. The molecule has 4 nitrogen and oxygen atoms in total. The fourth-order valence-corrected chi connectivity index (χ4v) is 4.83. The quantitative estimate of drug-likeness (QED) is 0.749. The van der Waals surface area contributed by atoms with Crippen molar-refractivity contribution in [3.63, 3.8) is 0 Å². The van der Waals surface area contributed by atoms with Gasteiger partial charge in [-0.15, -0.1) is 11.8 Å².